The number of Topliss-reactive ketones (excluding diaryl/α,β-unsaturated/α-hetero) is 1. The van der Waals surface area contributed by atoms with Gasteiger partial charge in [-0.1, -0.05) is 50.5 Å². The van der Waals surface area contributed by atoms with Crippen LogP contribution >= 0.6 is 0 Å². The van der Waals surface area contributed by atoms with Gasteiger partial charge in [0.15, 0.2) is 6.10 Å². The van der Waals surface area contributed by atoms with Gasteiger partial charge < -0.3 is 15.3 Å². The molecule has 0 saturated heterocycles. The van der Waals surface area contributed by atoms with Crippen LogP contribution < -0.4 is 0 Å². The van der Waals surface area contributed by atoms with E-state index in [4.69, 9.17) is 5.11 Å². The number of rotatable bonds is 14. The van der Waals surface area contributed by atoms with Crippen molar-refractivity contribution in [3.8, 4) is 0 Å². The first-order chi connectivity index (χ1) is 13.3. The van der Waals surface area contributed by atoms with Gasteiger partial charge in [0.2, 0.25) is 0 Å². The summed E-state index contributed by atoms with van der Waals surface area (Å²) in [6.07, 6.45) is 15.3. The molecule has 1 saturated carbocycles. The summed E-state index contributed by atoms with van der Waals surface area (Å²) in [6.45, 7) is 4.04. The molecule has 0 heterocycles. The number of hydrogen-bond donors (Lipinski definition) is 3. The van der Waals surface area contributed by atoms with Crippen LogP contribution in [0.4, 0.5) is 0 Å². The third-order valence-electron chi connectivity index (χ3n) is 5.60. The van der Waals surface area contributed by atoms with E-state index >= 15 is 0 Å². The van der Waals surface area contributed by atoms with Gasteiger partial charge in [0.05, 0.1) is 5.60 Å². The van der Waals surface area contributed by atoms with Crippen molar-refractivity contribution in [1.82, 2.24) is 0 Å². The fraction of sp³-hybridized carbons (Fsp3) is 0.739. The Morgan fingerprint density at radius 1 is 1.25 bits per heavy atom. The minimum Gasteiger partial charge on any atom is -0.479 e. The van der Waals surface area contributed by atoms with Gasteiger partial charge in [0.1, 0.15) is 5.78 Å². The maximum atomic E-state index is 12.2. The number of aliphatic hydroxyl groups is 2. The molecule has 1 aliphatic rings. The van der Waals surface area contributed by atoms with Gasteiger partial charge in [-0.3, -0.25) is 4.79 Å². The number of aliphatic hydroxyl groups excluding tert-OH is 1. The zero-order valence-corrected chi connectivity index (χ0v) is 17.5. The summed E-state index contributed by atoms with van der Waals surface area (Å²) < 4.78 is 0. The number of ketones is 1. The van der Waals surface area contributed by atoms with Gasteiger partial charge in [-0.25, -0.2) is 4.79 Å². The third-order valence-corrected chi connectivity index (χ3v) is 5.60. The predicted molar refractivity (Wildman–Crippen MR) is 111 cm³/mol. The average molecular weight is 395 g/mol. The fourth-order valence-corrected chi connectivity index (χ4v) is 3.74. The Kier molecular flexibility index (Phi) is 11.3. The van der Waals surface area contributed by atoms with E-state index < -0.39 is 17.7 Å². The van der Waals surface area contributed by atoms with Crippen molar-refractivity contribution in [2.24, 2.45) is 11.8 Å². The van der Waals surface area contributed by atoms with Crippen molar-refractivity contribution in [3.05, 3.63) is 24.3 Å². The molecule has 28 heavy (non-hydrogen) atoms. The first-order valence-electron chi connectivity index (χ1n) is 10.7. The van der Waals surface area contributed by atoms with E-state index in [1.54, 1.807) is 0 Å². The minimum atomic E-state index is -1.29. The number of allylic oxidation sites excluding steroid dienone is 3. The van der Waals surface area contributed by atoms with Crippen LogP contribution in [0.25, 0.3) is 0 Å². The highest BCUT2D eigenvalue weighted by atomic mass is 16.4. The third kappa shape index (κ3) is 9.65. The van der Waals surface area contributed by atoms with Gasteiger partial charge in [0.25, 0.3) is 0 Å². The molecule has 0 aromatic carbocycles. The van der Waals surface area contributed by atoms with Gasteiger partial charge in [0, 0.05) is 12.3 Å². The van der Waals surface area contributed by atoms with Crippen molar-refractivity contribution in [3.63, 3.8) is 0 Å². The van der Waals surface area contributed by atoms with E-state index in [-0.39, 0.29) is 18.3 Å². The minimum absolute atomic E-state index is 0.00199. The van der Waals surface area contributed by atoms with Crippen LogP contribution in [0, 0.1) is 11.8 Å². The average Bonchev–Trinajstić information content (AvgIpc) is 2.97. The second kappa shape index (κ2) is 12.9. The maximum absolute atomic E-state index is 12.2. The summed E-state index contributed by atoms with van der Waals surface area (Å²) in [6, 6.07) is 0. The lowest BCUT2D eigenvalue weighted by Gasteiger charge is -2.22. The number of carbonyl (C=O) groups excluding carboxylic acids is 1. The lowest BCUT2D eigenvalue weighted by molar-refractivity contribution is -0.146. The molecule has 0 aromatic rings. The second-order valence-corrected chi connectivity index (χ2v) is 8.35. The molecule has 2 unspecified atom stereocenters. The summed E-state index contributed by atoms with van der Waals surface area (Å²) in [5.41, 5.74) is -0.676. The molecule has 0 aliphatic heterocycles. The first kappa shape index (κ1) is 24.6. The molecule has 1 aliphatic carbocycles. The molecule has 0 spiro atoms. The Morgan fingerprint density at radius 3 is 2.68 bits per heavy atom. The number of aliphatic carboxylic acids is 1. The molecule has 1 rings (SSSR count). The smallest absolute Gasteiger partial charge is 0.332 e. The topological polar surface area (TPSA) is 94.8 Å². The monoisotopic (exact) mass is 394 g/mol. The summed E-state index contributed by atoms with van der Waals surface area (Å²) in [5, 5.41) is 28.3. The number of hydrogen-bond acceptors (Lipinski definition) is 4. The zero-order valence-electron chi connectivity index (χ0n) is 17.5. The molecule has 0 radical (unpaired) electrons. The van der Waals surface area contributed by atoms with E-state index in [9.17, 15) is 19.8 Å². The van der Waals surface area contributed by atoms with Crippen LogP contribution in [-0.2, 0) is 9.59 Å². The molecule has 0 bridgehead atoms. The van der Waals surface area contributed by atoms with Crippen molar-refractivity contribution in [1.29, 1.82) is 0 Å². The normalized spacial score (nSPS) is 23.5. The first-order valence-corrected chi connectivity index (χ1v) is 10.7. The molecular formula is C23H38O5. The SMILES string of the molecule is CCCCCC(C)(O)CC=C[C@H]1CCC(=O)[C@@H]1CC=CCCCC(O)C(=O)O. The molecule has 4 atom stereocenters. The molecule has 5 nitrogen and oxygen atoms in total. The molecular weight excluding hydrogens is 356 g/mol. The number of unbranched alkanes of at least 4 members (excludes halogenated alkanes) is 3. The maximum Gasteiger partial charge on any atom is 0.332 e. The van der Waals surface area contributed by atoms with Crippen LogP contribution in [0.5, 0.6) is 0 Å². The Bertz CT molecular complexity index is 535. The highest BCUT2D eigenvalue weighted by Gasteiger charge is 2.32. The molecule has 0 amide bonds. The summed E-state index contributed by atoms with van der Waals surface area (Å²) in [5.74, 6) is -0.644. The van der Waals surface area contributed by atoms with Gasteiger partial charge in [-0.2, -0.15) is 0 Å². The van der Waals surface area contributed by atoms with E-state index in [1.807, 2.05) is 25.2 Å². The Morgan fingerprint density at radius 2 is 2.00 bits per heavy atom. The van der Waals surface area contributed by atoms with Gasteiger partial charge in [-0.15, -0.1) is 0 Å². The molecule has 5 heteroatoms. The predicted octanol–water partition coefficient (Wildman–Crippen LogP) is 4.42. The van der Waals surface area contributed by atoms with Crippen molar-refractivity contribution in [2.45, 2.75) is 96.2 Å². The number of carboxylic acids is 1. The number of carboxylic acid groups (broad SMARTS) is 1. The number of carbonyl (C=O) groups is 2. The zero-order chi connectivity index (χ0) is 21.0. The highest BCUT2D eigenvalue weighted by Crippen LogP contribution is 2.33. The standard InChI is InChI=1S/C23H38O5/c1-3-4-9-16-23(2,28)17-10-11-18-14-15-20(24)19(18)12-7-5-6-8-13-21(25)22(26)27/h5,7,10-11,18-19,21,25,28H,3-4,6,8-9,12-17H2,1-2H3,(H,26,27)/t18-,19+,21?,23?/m0/s1. The van der Waals surface area contributed by atoms with E-state index in [0.717, 1.165) is 32.1 Å². The quantitative estimate of drug-likeness (QED) is 0.299. The lowest BCUT2D eigenvalue weighted by atomic mass is 9.89. The van der Waals surface area contributed by atoms with Crippen molar-refractivity contribution >= 4 is 11.8 Å². The highest BCUT2D eigenvalue weighted by molar-refractivity contribution is 5.83. The second-order valence-electron chi connectivity index (χ2n) is 8.35. The Hall–Kier alpha value is -1.46. The molecule has 160 valence electrons. The Balaban J connectivity index is 2.39. The Labute approximate surface area is 169 Å². The van der Waals surface area contributed by atoms with Crippen LogP contribution in [0.15, 0.2) is 24.3 Å². The van der Waals surface area contributed by atoms with Crippen LogP contribution in [0.3, 0.4) is 0 Å². The van der Waals surface area contributed by atoms with Crippen LogP contribution in [0.2, 0.25) is 0 Å². The van der Waals surface area contributed by atoms with Crippen LogP contribution in [0.1, 0.15) is 84.5 Å². The molecule has 0 aromatic heterocycles. The summed E-state index contributed by atoms with van der Waals surface area (Å²) in [4.78, 5) is 22.7. The van der Waals surface area contributed by atoms with Crippen LogP contribution in [-0.4, -0.2) is 38.8 Å². The van der Waals surface area contributed by atoms with Gasteiger partial charge in [-0.05, 0) is 57.8 Å². The summed E-state index contributed by atoms with van der Waals surface area (Å²) >= 11 is 0. The van der Waals surface area contributed by atoms with Crippen molar-refractivity contribution < 1.29 is 24.9 Å². The molecule has 1 fully saturated rings. The van der Waals surface area contributed by atoms with Crippen molar-refractivity contribution in [2.75, 3.05) is 0 Å². The lowest BCUT2D eigenvalue weighted by Crippen LogP contribution is -2.23. The van der Waals surface area contributed by atoms with Gasteiger partial charge >= 0.3 is 5.97 Å². The largest absolute Gasteiger partial charge is 0.479 e. The van der Waals surface area contributed by atoms with E-state index in [1.165, 1.54) is 0 Å². The van der Waals surface area contributed by atoms with E-state index in [2.05, 4.69) is 13.0 Å². The van der Waals surface area contributed by atoms with E-state index in [0.29, 0.717) is 37.9 Å². The summed E-state index contributed by atoms with van der Waals surface area (Å²) in [7, 11) is 0. The molecule has 3 N–H and O–H groups in total. The fourth-order valence-electron chi connectivity index (χ4n) is 3.74.